The Balaban J connectivity index is 0.00000220. The van der Waals surface area contributed by atoms with Gasteiger partial charge in [-0.25, -0.2) is 0 Å². The van der Waals surface area contributed by atoms with E-state index in [1.807, 2.05) is 19.9 Å². The highest BCUT2D eigenvalue weighted by atomic mass is 35.5. The molecule has 0 radical (unpaired) electrons. The van der Waals surface area contributed by atoms with Gasteiger partial charge in [-0.2, -0.15) is 5.10 Å². The van der Waals surface area contributed by atoms with E-state index < -0.39 is 6.04 Å². The summed E-state index contributed by atoms with van der Waals surface area (Å²) in [6.45, 7) is 3.87. The van der Waals surface area contributed by atoms with Gasteiger partial charge < -0.3 is 11.1 Å². The largest absolute Gasteiger partial charge is 0.320 e. The number of aromatic nitrogens is 2. The number of nitrogens with one attached hydrogen (secondary N) is 2. The predicted octanol–water partition coefficient (Wildman–Crippen LogP) is 3.19. The quantitative estimate of drug-likeness (QED) is 0.746. The third-order valence-corrected chi connectivity index (χ3v) is 4.16. The van der Waals surface area contributed by atoms with E-state index in [0.29, 0.717) is 11.7 Å². The number of nitrogens with zero attached hydrogens (tertiary/aromatic N) is 1. The molecular formula is C15H27ClN4O. The molecule has 6 heteroatoms. The highest BCUT2D eigenvalue weighted by Gasteiger charge is 2.20. The molecule has 1 saturated carbocycles. The van der Waals surface area contributed by atoms with Crippen molar-refractivity contribution in [3.63, 3.8) is 0 Å². The summed E-state index contributed by atoms with van der Waals surface area (Å²) in [5.74, 6) is 1.09. The van der Waals surface area contributed by atoms with E-state index in [1.165, 1.54) is 38.5 Å². The number of anilines is 1. The minimum atomic E-state index is -0.493. The maximum atomic E-state index is 11.9. The number of hydrogen-bond acceptors (Lipinski definition) is 3. The van der Waals surface area contributed by atoms with Crippen LogP contribution in [0.4, 0.5) is 5.82 Å². The summed E-state index contributed by atoms with van der Waals surface area (Å²) in [6, 6.07) is 1.47. The average Bonchev–Trinajstić information content (AvgIpc) is 2.71. The molecule has 1 aliphatic carbocycles. The molecule has 0 spiro atoms. The van der Waals surface area contributed by atoms with Gasteiger partial charge >= 0.3 is 0 Å². The predicted molar refractivity (Wildman–Crippen MR) is 87.7 cm³/mol. The van der Waals surface area contributed by atoms with Gasteiger partial charge in [-0.3, -0.25) is 9.89 Å². The Morgan fingerprint density at radius 2 is 1.95 bits per heavy atom. The molecule has 21 heavy (non-hydrogen) atoms. The maximum Gasteiger partial charge on any atom is 0.242 e. The number of carbonyl (C=O) groups is 1. The van der Waals surface area contributed by atoms with Crippen LogP contribution >= 0.6 is 12.4 Å². The van der Waals surface area contributed by atoms with Crippen molar-refractivity contribution in [2.24, 2.45) is 11.7 Å². The Hall–Kier alpha value is -1.07. The van der Waals surface area contributed by atoms with Gasteiger partial charge in [0.1, 0.15) is 0 Å². The fraction of sp³-hybridized carbons (Fsp3) is 0.733. The van der Waals surface area contributed by atoms with E-state index in [0.717, 1.165) is 5.69 Å². The zero-order chi connectivity index (χ0) is 14.5. The molecule has 1 amide bonds. The number of carbonyl (C=O) groups excluding carboxylic acids is 1. The summed E-state index contributed by atoms with van der Waals surface area (Å²) in [5, 5.41) is 10.1. The van der Waals surface area contributed by atoms with Gasteiger partial charge in [0.15, 0.2) is 5.82 Å². The average molecular weight is 315 g/mol. The van der Waals surface area contributed by atoms with Crippen LogP contribution in [-0.2, 0) is 4.79 Å². The van der Waals surface area contributed by atoms with Crippen molar-refractivity contribution in [1.29, 1.82) is 0 Å². The monoisotopic (exact) mass is 314 g/mol. The van der Waals surface area contributed by atoms with Crippen molar-refractivity contribution < 1.29 is 4.79 Å². The molecule has 120 valence electrons. The first-order chi connectivity index (χ1) is 9.58. The van der Waals surface area contributed by atoms with Gasteiger partial charge in [-0.1, -0.05) is 39.5 Å². The first kappa shape index (κ1) is 18.0. The van der Waals surface area contributed by atoms with E-state index in [1.54, 1.807) is 0 Å². The molecule has 1 atom stereocenters. The molecule has 1 fully saturated rings. The summed E-state index contributed by atoms with van der Waals surface area (Å²) < 4.78 is 0. The van der Waals surface area contributed by atoms with Crippen LogP contribution in [0.3, 0.4) is 0 Å². The van der Waals surface area contributed by atoms with Crippen LogP contribution in [-0.4, -0.2) is 22.1 Å². The van der Waals surface area contributed by atoms with Gasteiger partial charge in [0.25, 0.3) is 0 Å². The van der Waals surface area contributed by atoms with Crippen LogP contribution in [0.15, 0.2) is 6.07 Å². The van der Waals surface area contributed by atoms with Gasteiger partial charge in [0, 0.05) is 17.7 Å². The number of hydrogen-bond donors (Lipinski definition) is 3. The molecule has 0 aliphatic heterocycles. The lowest BCUT2D eigenvalue weighted by atomic mass is 9.97. The molecule has 0 unspecified atom stereocenters. The third kappa shape index (κ3) is 5.00. The SMILES string of the molecule is CC(C)[C@H](N)C(=O)Nc1cc(C2CCCCCC2)[nH]n1.Cl. The molecule has 0 bridgehead atoms. The number of halogens is 1. The van der Waals surface area contributed by atoms with Crippen molar-refractivity contribution in [2.45, 2.75) is 64.3 Å². The molecule has 1 aromatic heterocycles. The molecule has 5 nitrogen and oxygen atoms in total. The standard InChI is InChI=1S/C15H26N4O.ClH/c1-10(2)14(16)15(20)17-13-9-12(18-19-13)11-7-5-3-4-6-8-11;/h9-11,14H,3-8,16H2,1-2H3,(H2,17,18,19,20);1H/t14-;/m0./s1. The summed E-state index contributed by atoms with van der Waals surface area (Å²) >= 11 is 0. The number of H-pyrrole nitrogens is 1. The minimum Gasteiger partial charge on any atom is -0.320 e. The van der Waals surface area contributed by atoms with Gasteiger partial charge in [0.05, 0.1) is 6.04 Å². The maximum absolute atomic E-state index is 11.9. The fourth-order valence-electron chi connectivity index (χ4n) is 2.71. The van der Waals surface area contributed by atoms with Crippen LogP contribution in [0.25, 0.3) is 0 Å². The Morgan fingerprint density at radius 3 is 2.52 bits per heavy atom. The third-order valence-electron chi connectivity index (χ3n) is 4.16. The van der Waals surface area contributed by atoms with E-state index in [-0.39, 0.29) is 24.2 Å². The Labute approximate surface area is 132 Å². The Kier molecular flexibility index (Phi) is 7.18. The molecule has 2 rings (SSSR count). The minimum absolute atomic E-state index is 0. The van der Waals surface area contributed by atoms with E-state index >= 15 is 0 Å². The van der Waals surface area contributed by atoms with E-state index in [9.17, 15) is 4.79 Å². The van der Waals surface area contributed by atoms with Gasteiger partial charge in [-0.15, -0.1) is 12.4 Å². The number of aromatic amines is 1. The first-order valence-electron chi connectivity index (χ1n) is 7.69. The van der Waals surface area contributed by atoms with Gasteiger partial charge in [-0.05, 0) is 18.8 Å². The second-order valence-corrected chi connectivity index (χ2v) is 6.16. The second kappa shape index (κ2) is 8.39. The number of nitrogens with two attached hydrogens (primary N) is 1. The molecular weight excluding hydrogens is 288 g/mol. The van der Waals surface area contributed by atoms with Crippen LogP contribution in [0.2, 0.25) is 0 Å². The Morgan fingerprint density at radius 1 is 1.33 bits per heavy atom. The van der Waals surface area contributed by atoms with Crippen LogP contribution in [0.5, 0.6) is 0 Å². The van der Waals surface area contributed by atoms with Crippen LogP contribution < -0.4 is 11.1 Å². The molecule has 4 N–H and O–H groups in total. The van der Waals surface area contributed by atoms with Crippen LogP contribution in [0, 0.1) is 5.92 Å². The highest BCUT2D eigenvalue weighted by molar-refractivity contribution is 5.94. The van der Waals surface area contributed by atoms with Crippen molar-refractivity contribution >= 4 is 24.1 Å². The topological polar surface area (TPSA) is 83.8 Å². The van der Waals surface area contributed by atoms with Crippen LogP contribution in [0.1, 0.15) is 64.0 Å². The molecule has 0 saturated heterocycles. The summed E-state index contributed by atoms with van der Waals surface area (Å²) in [6.07, 6.45) is 7.64. The molecule has 0 aromatic carbocycles. The summed E-state index contributed by atoms with van der Waals surface area (Å²) in [7, 11) is 0. The fourth-order valence-corrected chi connectivity index (χ4v) is 2.71. The van der Waals surface area contributed by atoms with Crippen molar-refractivity contribution in [2.75, 3.05) is 5.32 Å². The molecule has 1 aliphatic rings. The van der Waals surface area contributed by atoms with Crippen molar-refractivity contribution in [3.8, 4) is 0 Å². The summed E-state index contributed by atoms with van der Waals surface area (Å²) in [5.41, 5.74) is 6.97. The second-order valence-electron chi connectivity index (χ2n) is 6.16. The van der Waals surface area contributed by atoms with Crippen molar-refractivity contribution in [1.82, 2.24) is 10.2 Å². The first-order valence-corrected chi connectivity index (χ1v) is 7.69. The van der Waals surface area contributed by atoms with Gasteiger partial charge in [0.2, 0.25) is 5.91 Å². The number of rotatable bonds is 4. The lowest BCUT2D eigenvalue weighted by molar-refractivity contribution is -0.118. The zero-order valence-electron chi connectivity index (χ0n) is 12.9. The smallest absolute Gasteiger partial charge is 0.242 e. The van der Waals surface area contributed by atoms with E-state index in [2.05, 4.69) is 15.5 Å². The number of amides is 1. The lowest BCUT2D eigenvalue weighted by Crippen LogP contribution is -2.39. The lowest BCUT2D eigenvalue weighted by Gasteiger charge is -2.14. The molecule has 1 aromatic rings. The van der Waals surface area contributed by atoms with Crippen molar-refractivity contribution in [3.05, 3.63) is 11.8 Å². The Bertz CT molecular complexity index is 439. The van der Waals surface area contributed by atoms with E-state index in [4.69, 9.17) is 5.73 Å². The summed E-state index contributed by atoms with van der Waals surface area (Å²) in [4.78, 5) is 11.9. The normalized spacial score (nSPS) is 17.9. The highest BCUT2D eigenvalue weighted by Crippen LogP contribution is 2.31. The molecule has 1 heterocycles. The zero-order valence-corrected chi connectivity index (χ0v) is 13.7.